The molecule has 2 saturated heterocycles. The topological polar surface area (TPSA) is 82.0 Å². The molecule has 2 aromatic rings. The first kappa shape index (κ1) is 22.5. The Morgan fingerprint density at radius 2 is 1.97 bits per heavy atom. The number of amides is 1. The second kappa shape index (κ2) is 10.3. The molecule has 32 heavy (non-hydrogen) atoms. The molecule has 2 aliphatic rings. The lowest BCUT2D eigenvalue weighted by Crippen LogP contribution is -2.43. The van der Waals surface area contributed by atoms with Crippen molar-refractivity contribution in [3.63, 3.8) is 0 Å². The van der Waals surface area contributed by atoms with Crippen LogP contribution in [0.25, 0.3) is 0 Å². The molecule has 0 bridgehead atoms. The number of anilines is 1. The molecule has 1 atom stereocenters. The highest BCUT2D eigenvalue weighted by Gasteiger charge is 2.37. The van der Waals surface area contributed by atoms with E-state index in [1.807, 2.05) is 29.0 Å². The summed E-state index contributed by atoms with van der Waals surface area (Å²) >= 11 is 0. The van der Waals surface area contributed by atoms with Gasteiger partial charge in [0.1, 0.15) is 5.75 Å². The summed E-state index contributed by atoms with van der Waals surface area (Å²) in [4.78, 5) is 26.3. The van der Waals surface area contributed by atoms with Crippen LogP contribution in [-0.4, -0.2) is 82.8 Å². The highest BCUT2D eigenvalue weighted by Crippen LogP contribution is 2.25. The van der Waals surface area contributed by atoms with E-state index in [9.17, 15) is 9.90 Å². The molecular weight excluding hydrogens is 406 g/mol. The van der Waals surface area contributed by atoms with Crippen LogP contribution in [0.1, 0.15) is 31.2 Å². The van der Waals surface area contributed by atoms with Crippen molar-refractivity contribution < 1.29 is 14.6 Å². The molecule has 1 aromatic carbocycles. The van der Waals surface area contributed by atoms with Gasteiger partial charge in [-0.2, -0.15) is 0 Å². The van der Waals surface area contributed by atoms with E-state index in [1.165, 1.54) is 5.56 Å². The van der Waals surface area contributed by atoms with E-state index in [4.69, 9.17) is 4.74 Å². The van der Waals surface area contributed by atoms with Gasteiger partial charge in [0.05, 0.1) is 18.8 Å². The molecule has 1 aromatic heterocycles. The Bertz CT molecular complexity index is 879. The molecule has 0 radical (unpaired) electrons. The molecule has 8 heteroatoms. The molecule has 1 amide bonds. The SMILES string of the molecule is CN(Cc1ccc(OCCCN2CCCC2=O)cc1)C[C@]1(O)CCN(c2ncccn2)C1. The summed E-state index contributed by atoms with van der Waals surface area (Å²) in [6, 6.07) is 9.91. The number of aromatic nitrogens is 2. The van der Waals surface area contributed by atoms with Gasteiger partial charge in [0.2, 0.25) is 11.9 Å². The predicted molar refractivity (Wildman–Crippen MR) is 123 cm³/mol. The summed E-state index contributed by atoms with van der Waals surface area (Å²) in [5.41, 5.74) is 0.403. The molecule has 3 heterocycles. The lowest BCUT2D eigenvalue weighted by atomic mass is 10.0. The van der Waals surface area contributed by atoms with Gasteiger partial charge in [-0.25, -0.2) is 9.97 Å². The first-order valence-electron chi connectivity index (χ1n) is 11.4. The van der Waals surface area contributed by atoms with Crippen molar-refractivity contribution in [1.29, 1.82) is 0 Å². The average Bonchev–Trinajstić information content (AvgIpc) is 3.38. The van der Waals surface area contributed by atoms with Crippen LogP contribution in [0.4, 0.5) is 5.95 Å². The van der Waals surface area contributed by atoms with Crippen molar-refractivity contribution in [1.82, 2.24) is 19.8 Å². The van der Waals surface area contributed by atoms with Crippen molar-refractivity contribution >= 4 is 11.9 Å². The Morgan fingerprint density at radius 1 is 1.19 bits per heavy atom. The van der Waals surface area contributed by atoms with Gasteiger partial charge in [0, 0.05) is 51.5 Å². The molecular formula is C24H33N5O3. The number of rotatable bonds is 10. The van der Waals surface area contributed by atoms with Crippen LogP contribution < -0.4 is 9.64 Å². The largest absolute Gasteiger partial charge is 0.494 e. The number of β-amino-alcohol motifs (C(OH)–C–C–N with tert-alkyl or cyclic N) is 1. The van der Waals surface area contributed by atoms with E-state index >= 15 is 0 Å². The first-order valence-corrected chi connectivity index (χ1v) is 11.4. The van der Waals surface area contributed by atoms with E-state index in [-0.39, 0.29) is 5.91 Å². The number of carbonyl (C=O) groups excluding carboxylic acids is 1. The molecule has 4 rings (SSSR count). The monoisotopic (exact) mass is 439 g/mol. The zero-order valence-corrected chi connectivity index (χ0v) is 18.8. The quantitative estimate of drug-likeness (QED) is 0.567. The number of likely N-dealkylation sites (tertiary alicyclic amines) is 1. The van der Waals surface area contributed by atoms with Crippen molar-refractivity contribution in [3.05, 3.63) is 48.3 Å². The van der Waals surface area contributed by atoms with Gasteiger partial charge in [0.25, 0.3) is 0 Å². The van der Waals surface area contributed by atoms with Gasteiger partial charge in [-0.15, -0.1) is 0 Å². The Morgan fingerprint density at radius 3 is 2.69 bits per heavy atom. The van der Waals surface area contributed by atoms with E-state index in [2.05, 4.69) is 27.0 Å². The second-order valence-corrected chi connectivity index (χ2v) is 8.95. The minimum Gasteiger partial charge on any atom is -0.494 e. The van der Waals surface area contributed by atoms with E-state index in [0.29, 0.717) is 38.5 Å². The predicted octanol–water partition coefficient (Wildman–Crippen LogP) is 1.94. The zero-order valence-electron chi connectivity index (χ0n) is 18.8. The summed E-state index contributed by atoms with van der Waals surface area (Å²) in [6.07, 6.45) is 6.67. The first-order chi connectivity index (χ1) is 15.5. The van der Waals surface area contributed by atoms with Gasteiger partial charge in [-0.3, -0.25) is 9.69 Å². The fourth-order valence-electron chi connectivity index (χ4n) is 4.56. The minimum atomic E-state index is -0.770. The molecule has 0 saturated carbocycles. The van der Waals surface area contributed by atoms with E-state index in [1.54, 1.807) is 18.5 Å². The Balaban J connectivity index is 1.19. The number of aliphatic hydroxyl groups is 1. The molecule has 0 unspecified atom stereocenters. The standard InChI is InChI=1S/C24H33N5O3/c1-27(18-24(31)10-15-29(19-24)23-25-11-3-12-26-23)17-20-6-8-21(9-7-20)32-16-4-14-28-13-2-5-22(28)30/h3,6-9,11-12,31H,2,4-5,10,13-19H2,1H3/t24-/m1/s1. The fraction of sp³-hybridized carbons (Fsp3) is 0.542. The average molecular weight is 440 g/mol. The van der Waals surface area contributed by atoms with Crippen LogP contribution in [0.2, 0.25) is 0 Å². The maximum Gasteiger partial charge on any atom is 0.225 e. The third kappa shape index (κ3) is 5.95. The van der Waals surface area contributed by atoms with Gasteiger partial charge in [-0.1, -0.05) is 12.1 Å². The molecule has 2 aliphatic heterocycles. The summed E-state index contributed by atoms with van der Waals surface area (Å²) in [5.74, 6) is 1.78. The lowest BCUT2D eigenvalue weighted by molar-refractivity contribution is -0.127. The van der Waals surface area contributed by atoms with Gasteiger partial charge >= 0.3 is 0 Å². The van der Waals surface area contributed by atoms with E-state index in [0.717, 1.165) is 44.8 Å². The smallest absolute Gasteiger partial charge is 0.225 e. The van der Waals surface area contributed by atoms with Crippen molar-refractivity contribution in [2.45, 2.75) is 37.8 Å². The van der Waals surface area contributed by atoms with Crippen molar-refractivity contribution in [3.8, 4) is 5.75 Å². The third-order valence-electron chi connectivity index (χ3n) is 6.12. The third-order valence-corrected chi connectivity index (χ3v) is 6.12. The fourth-order valence-corrected chi connectivity index (χ4v) is 4.56. The zero-order chi connectivity index (χ0) is 22.4. The number of hydrogen-bond acceptors (Lipinski definition) is 7. The lowest BCUT2D eigenvalue weighted by Gasteiger charge is -2.29. The number of carbonyl (C=O) groups is 1. The second-order valence-electron chi connectivity index (χ2n) is 8.95. The number of nitrogens with zero attached hydrogens (tertiary/aromatic N) is 5. The van der Waals surface area contributed by atoms with Gasteiger partial charge in [0.15, 0.2) is 0 Å². The van der Waals surface area contributed by atoms with Gasteiger partial charge in [-0.05, 0) is 50.1 Å². The van der Waals surface area contributed by atoms with Crippen LogP contribution in [0.3, 0.4) is 0 Å². The van der Waals surface area contributed by atoms with Crippen LogP contribution in [-0.2, 0) is 11.3 Å². The number of benzene rings is 1. The van der Waals surface area contributed by atoms with Crippen LogP contribution >= 0.6 is 0 Å². The van der Waals surface area contributed by atoms with Crippen molar-refractivity contribution in [2.24, 2.45) is 0 Å². The molecule has 0 spiro atoms. The Labute approximate surface area is 189 Å². The summed E-state index contributed by atoms with van der Waals surface area (Å²) in [6.45, 7) is 4.90. The molecule has 0 aliphatic carbocycles. The Kier molecular flexibility index (Phi) is 7.22. The Hall–Kier alpha value is -2.71. The maximum atomic E-state index is 11.6. The summed E-state index contributed by atoms with van der Waals surface area (Å²) in [7, 11) is 2.03. The van der Waals surface area contributed by atoms with Crippen LogP contribution in [0.15, 0.2) is 42.7 Å². The number of hydrogen-bond donors (Lipinski definition) is 1. The van der Waals surface area contributed by atoms with Gasteiger partial charge < -0.3 is 19.6 Å². The highest BCUT2D eigenvalue weighted by molar-refractivity contribution is 5.77. The number of ether oxygens (including phenoxy) is 1. The minimum absolute atomic E-state index is 0.266. The van der Waals surface area contributed by atoms with Crippen LogP contribution in [0, 0.1) is 0 Å². The van der Waals surface area contributed by atoms with Crippen LogP contribution in [0.5, 0.6) is 5.75 Å². The van der Waals surface area contributed by atoms with E-state index < -0.39 is 5.60 Å². The molecule has 1 N–H and O–H groups in total. The summed E-state index contributed by atoms with van der Waals surface area (Å²) in [5, 5.41) is 11.0. The summed E-state index contributed by atoms with van der Waals surface area (Å²) < 4.78 is 5.83. The number of likely N-dealkylation sites (N-methyl/N-ethyl adjacent to an activating group) is 1. The molecule has 2 fully saturated rings. The maximum absolute atomic E-state index is 11.6. The highest BCUT2D eigenvalue weighted by atomic mass is 16.5. The normalized spacial score (nSPS) is 21.0. The van der Waals surface area contributed by atoms with Crippen molar-refractivity contribution in [2.75, 3.05) is 51.3 Å². The molecule has 172 valence electrons. The molecule has 8 nitrogen and oxygen atoms in total.